The molecule has 1 saturated heterocycles. The highest BCUT2D eigenvalue weighted by atomic mass is 16.5. The standard InChI is InChI=1S/C26H34N2O4/c1-3-4-5-6-7-21-12-13-23(25(29)28-14-16-32-17-15-28)18-24(21)27-19-20-8-10-22(11-9-20)26(30)31-2/h8-13,18,27H,3-7,14-17,19H2,1-2H3. The molecule has 1 amide bonds. The summed E-state index contributed by atoms with van der Waals surface area (Å²) in [5, 5.41) is 3.52. The van der Waals surface area contributed by atoms with Gasteiger partial charge in [-0.2, -0.15) is 0 Å². The lowest BCUT2D eigenvalue weighted by Crippen LogP contribution is -2.40. The van der Waals surface area contributed by atoms with Gasteiger partial charge in [-0.25, -0.2) is 4.79 Å². The third-order valence-electron chi connectivity index (χ3n) is 5.81. The highest BCUT2D eigenvalue weighted by Gasteiger charge is 2.19. The van der Waals surface area contributed by atoms with Crippen LogP contribution in [0.3, 0.4) is 0 Å². The van der Waals surface area contributed by atoms with Crippen molar-refractivity contribution in [2.75, 3.05) is 38.7 Å². The number of hydrogen-bond donors (Lipinski definition) is 1. The molecule has 1 aliphatic rings. The fourth-order valence-corrected chi connectivity index (χ4v) is 3.86. The molecule has 0 radical (unpaired) electrons. The number of esters is 1. The van der Waals surface area contributed by atoms with Gasteiger partial charge in [0.05, 0.1) is 25.9 Å². The molecule has 0 saturated carbocycles. The first-order chi connectivity index (χ1) is 15.6. The van der Waals surface area contributed by atoms with E-state index in [1.807, 2.05) is 29.2 Å². The second kappa shape index (κ2) is 12.2. The Bertz CT molecular complexity index is 889. The number of nitrogens with zero attached hydrogens (tertiary/aromatic N) is 1. The molecule has 1 fully saturated rings. The summed E-state index contributed by atoms with van der Waals surface area (Å²) in [6.07, 6.45) is 5.77. The number of morpholine rings is 1. The lowest BCUT2D eigenvalue weighted by atomic mass is 10.0. The van der Waals surface area contributed by atoms with Crippen molar-refractivity contribution in [3.05, 3.63) is 64.7 Å². The number of hydrogen-bond acceptors (Lipinski definition) is 5. The summed E-state index contributed by atoms with van der Waals surface area (Å²) in [7, 11) is 1.38. The van der Waals surface area contributed by atoms with Crippen LogP contribution < -0.4 is 5.32 Å². The van der Waals surface area contributed by atoms with Gasteiger partial charge in [-0.1, -0.05) is 44.4 Å². The molecule has 0 spiro atoms. The SMILES string of the molecule is CCCCCCc1ccc(C(=O)N2CCOCC2)cc1NCc1ccc(C(=O)OC)cc1. The van der Waals surface area contributed by atoms with E-state index in [2.05, 4.69) is 18.3 Å². The van der Waals surface area contributed by atoms with E-state index in [0.29, 0.717) is 44.0 Å². The van der Waals surface area contributed by atoms with Gasteiger partial charge in [0.1, 0.15) is 0 Å². The van der Waals surface area contributed by atoms with Gasteiger partial charge in [-0.05, 0) is 48.2 Å². The third-order valence-corrected chi connectivity index (χ3v) is 5.81. The van der Waals surface area contributed by atoms with Crippen LogP contribution in [-0.2, 0) is 22.4 Å². The van der Waals surface area contributed by atoms with Gasteiger partial charge in [0, 0.05) is 30.9 Å². The van der Waals surface area contributed by atoms with Gasteiger partial charge >= 0.3 is 5.97 Å². The summed E-state index contributed by atoms with van der Waals surface area (Å²) >= 11 is 0. The van der Waals surface area contributed by atoms with Crippen LogP contribution >= 0.6 is 0 Å². The Morgan fingerprint density at radius 1 is 1.00 bits per heavy atom. The van der Waals surface area contributed by atoms with Crippen LogP contribution in [0.1, 0.15) is 64.4 Å². The summed E-state index contributed by atoms with van der Waals surface area (Å²) < 4.78 is 10.1. The van der Waals surface area contributed by atoms with E-state index >= 15 is 0 Å². The van der Waals surface area contributed by atoms with Crippen LogP contribution in [-0.4, -0.2) is 50.2 Å². The van der Waals surface area contributed by atoms with E-state index in [1.54, 1.807) is 12.1 Å². The molecule has 2 aromatic rings. The van der Waals surface area contributed by atoms with E-state index in [9.17, 15) is 9.59 Å². The number of amides is 1. The number of ether oxygens (including phenoxy) is 2. The minimum Gasteiger partial charge on any atom is -0.465 e. The summed E-state index contributed by atoms with van der Waals surface area (Å²) in [5.74, 6) is -0.287. The number of nitrogens with one attached hydrogen (secondary N) is 1. The Kier molecular flexibility index (Phi) is 9.11. The zero-order valence-electron chi connectivity index (χ0n) is 19.2. The number of rotatable bonds is 10. The molecule has 0 aromatic heterocycles. The molecule has 1 aliphatic heterocycles. The van der Waals surface area contributed by atoms with Crippen molar-refractivity contribution in [1.29, 1.82) is 0 Å². The number of carbonyl (C=O) groups is 2. The zero-order chi connectivity index (χ0) is 22.8. The molecule has 3 rings (SSSR count). The molecule has 172 valence electrons. The number of carbonyl (C=O) groups excluding carboxylic acids is 2. The summed E-state index contributed by atoms with van der Waals surface area (Å²) in [5.41, 5.74) is 4.52. The summed E-state index contributed by atoms with van der Waals surface area (Å²) in [6, 6.07) is 13.4. The zero-order valence-corrected chi connectivity index (χ0v) is 19.2. The number of benzene rings is 2. The van der Waals surface area contributed by atoms with E-state index in [-0.39, 0.29) is 11.9 Å². The molecule has 32 heavy (non-hydrogen) atoms. The minimum atomic E-state index is -0.340. The summed E-state index contributed by atoms with van der Waals surface area (Å²) in [6.45, 7) is 5.27. The van der Waals surface area contributed by atoms with Crippen LogP contribution in [0.4, 0.5) is 5.69 Å². The number of aryl methyl sites for hydroxylation is 1. The lowest BCUT2D eigenvalue weighted by Gasteiger charge is -2.27. The molecular weight excluding hydrogens is 404 g/mol. The highest BCUT2D eigenvalue weighted by molar-refractivity contribution is 5.95. The van der Waals surface area contributed by atoms with Gasteiger partial charge in [0.15, 0.2) is 0 Å². The maximum atomic E-state index is 13.0. The van der Waals surface area contributed by atoms with Crippen molar-refractivity contribution in [3.8, 4) is 0 Å². The Morgan fingerprint density at radius 2 is 1.72 bits per heavy atom. The van der Waals surface area contributed by atoms with Gasteiger partial charge in [-0.15, -0.1) is 0 Å². The van der Waals surface area contributed by atoms with E-state index < -0.39 is 0 Å². The van der Waals surface area contributed by atoms with Crippen molar-refractivity contribution in [3.63, 3.8) is 0 Å². The van der Waals surface area contributed by atoms with Crippen LogP contribution in [0.25, 0.3) is 0 Å². The van der Waals surface area contributed by atoms with Crippen LogP contribution in [0.5, 0.6) is 0 Å². The molecule has 2 aromatic carbocycles. The predicted molar refractivity (Wildman–Crippen MR) is 126 cm³/mol. The first kappa shape index (κ1) is 23.8. The number of methoxy groups -OCH3 is 1. The Hall–Kier alpha value is -2.86. The first-order valence-corrected chi connectivity index (χ1v) is 11.5. The normalized spacial score (nSPS) is 13.6. The maximum Gasteiger partial charge on any atom is 0.337 e. The topological polar surface area (TPSA) is 67.9 Å². The number of unbranched alkanes of at least 4 members (excludes halogenated alkanes) is 3. The molecule has 0 atom stereocenters. The minimum absolute atomic E-state index is 0.0521. The lowest BCUT2D eigenvalue weighted by molar-refractivity contribution is 0.0303. The Morgan fingerprint density at radius 3 is 2.41 bits per heavy atom. The molecule has 0 aliphatic carbocycles. The first-order valence-electron chi connectivity index (χ1n) is 11.5. The van der Waals surface area contributed by atoms with Gasteiger partial charge < -0.3 is 19.7 Å². The maximum absolute atomic E-state index is 13.0. The highest BCUT2D eigenvalue weighted by Crippen LogP contribution is 2.23. The van der Waals surface area contributed by atoms with Crippen LogP contribution in [0, 0.1) is 0 Å². The van der Waals surface area contributed by atoms with E-state index in [1.165, 1.54) is 31.9 Å². The largest absolute Gasteiger partial charge is 0.465 e. The van der Waals surface area contributed by atoms with E-state index in [0.717, 1.165) is 24.1 Å². The monoisotopic (exact) mass is 438 g/mol. The Labute approximate surface area is 190 Å². The molecular formula is C26H34N2O4. The third kappa shape index (κ3) is 6.57. The van der Waals surface area contributed by atoms with Crippen molar-refractivity contribution in [1.82, 2.24) is 4.90 Å². The second-order valence-corrected chi connectivity index (χ2v) is 8.13. The number of anilines is 1. The van der Waals surface area contributed by atoms with Crippen molar-refractivity contribution < 1.29 is 19.1 Å². The van der Waals surface area contributed by atoms with Gasteiger partial charge in [0.25, 0.3) is 5.91 Å². The van der Waals surface area contributed by atoms with E-state index in [4.69, 9.17) is 9.47 Å². The van der Waals surface area contributed by atoms with Crippen LogP contribution in [0.2, 0.25) is 0 Å². The Balaban J connectivity index is 1.73. The predicted octanol–water partition coefficient (Wildman–Crippen LogP) is 4.68. The average Bonchev–Trinajstić information content (AvgIpc) is 2.85. The molecule has 6 heteroatoms. The van der Waals surface area contributed by atoms with Gasteiger partial charge in [-0.3, -0.25) is 4.79 Å². The van der Waals surface area contributed by atoms with Gasteiger partial charge in [0.2, 0.25) is 0 Å². The molecule has 1 heterocycles. The molecule has 6 nitrogen and oxygen atoms in total. The van der Waals surface area contributed by atoms with Crippen LogP contribution in [0.15, 0.2) is 42.5 Å². The summed E-state index contributed by atoms with van der Waals surface area (Å²) in [4.78, 5) is 26.5. The molecule has 0 bridgehead atoms. The average molecular weight is 439 g/mol. The fourth-order valence-electron chi connectivity index (χ4n) is 3.86. The fraction of sp³-hybridized carbons (Fsp3) is 0.462. The molecule has 1 N–H and O–H groups in total. The quantitative estimate of drug-likeness (QED) is 0.431. The smallest absolute Gasteiger partial charge is 0.337 e. The second-order valence-electron chi connectivity index (χ2n) is 8.13. The van der Waals surface area contributed by atoms with Crippen molar-refractivity contribution in [2.24, 2.45) is 0 Å². The molecule has 0 unspecified atom stereocenters. The van der Waals surface area contributed by atoms with Crippen molar-refractivity contribution in [2.45, 2.75) is 45.6 Å². The van der Waals surface area contributed by atoms with Crippen molar-refractivity contribution >= 4 is 17.6 Å².